The minimum Gasteiger partial charge on any atom is -1.00 e. The van der Waals surface area contributed by atoms with Crippen LogP contribution in [-0.4, -0.2) is 20.6 Å². The average Bonchev–Trinajstić information content (AvgIpc) is 2.18. The SMILES string of the molecule is CCc1ccc(CCC[NH+](C)C)cc1.[Cl-]. The van der Waals surface area contributed by atoms with Crippen molar-refractivity contribution in [2.24, 2.45) is 0 Å². The predicted molar refractivity (Wildman–Crippen MR) is 61.8 cm³/mol. The molecule has 0 aliphatic carbocycles. The summed E-state index contributed by atoms with van der Waals surface area (Å²) in [6.45, 7) is 3.46. The van der Waals surface area contributed by atoms with E-state index in [0.717, 1.165) is 6.42 Å². The van der Waals surface area contributed by atoms with Crippen molar-refractivity contribution in [2.45, 2.75) is 26.2 Å². The van der Waals surface area contributed by atoms with Gasteiger partial charge in [-0.3, -0.25) is 0 Å². The normalized spacial score (nSPS) is 10.1. The van der Waals surface area contributed by atoms with Gasteiger partial charge in [0.25, 0.3) is 0 Å². The van der Waals surface area contributed by atoms with Gasteiger partial charge in [0.05, 0.1) is 20.6 Å². The zero-order valence-corrected chi connectivity index (χ0v) is 10.8. The summed E-state index contributed by atoms with van der Waals surface area (Å²) in [7, 11) is 4.42. The molecule has 0 aliphatic heterocycles. The molecule has 0 spiro atoms. The number of halogens is 1. The van der Waals surface area contributed by atoms with Gasteiger partial charge in [-0.2, -0.15) is 0 Å². The predicted octanol–water partition coefficient (Wildman–Crippen LogP) is -1.67. The Kier molecular flexibility index (Phi) is 7.45. The molecule has 0 heterocycles. The molecule has 86 valence electrons. The molecule has 0 unspecified atom stereocenters. The van der Waals surface area contributed by atoms with Crippen molar-refractivity contribution in [3.63, 3.8) is 0 Å². The molecule has 0 aromatic heterocycles. The van der Waals surface area contributed by atoms with Crippen molar-refractivity contribution in [3.8, 4) is 0 Å². The minimum absolute atomic E-state index is 0. The summed E-state index contributed by atoms with van der Waals surface area (Å²) < 4.78 is 0. The first-order valence-electron chi connectivity index (χ1n) is 5.59. The van der Waals surface area contributed by atoms with Crippen LogP contribution in [0, 0.1) is 0 Å². The average molecular weight is 228 g/mol. The lowest BCUT2D eigenvalue weighted by Crippen LogP contribution is -3.05. The van der Waals surface area contributed by atoms with Gasteiger partial charge in [0, 0.05) is 6.42 Å². The van der Waals surface area contributed by atoms with Gasteiger partial charge in [0.2, 0.25) is 0 Å². The van der Waals surface area contributed by atoms with Crippen molar-refractivity contribution < 1.29 is 17.3 Å². The van der Waals surface area contributed by atoms with Crippen LogP contribution < -0.4 is 17.3 Å². The van der Waals surface area contributed by atoms with Crippen LogP contribution in [0.4, 0.5) is 0 Å². The highest BCUT2D eigenvalue weighted by atomic mass is 35.5. The van der Waals surface area contributed by atoms with Gasteiger partial charge in [-0.05, 0) is 24.0 Å². The molecule has 0 amide bonds. The first-order valence-corrected chi connectivity index (χ1v) is 5.59. The molecule has 15 heavy (non-hydrogen) atoms. The Bertz CT molecular complexity index is 254. The molecule has 0 radical (unpaired) electrons. The number of nitrogens with one attached hydrogen (secondary N) is 1. The second-order valence-corrected chi connectivity index (χ2v) is 4.23. The van der Waals surface area contributed by atoms with Gasteiger partial charge in [0.15, 0.2) is 0 Å². The van der Waals surface area contributed by atoms with E-state index in [9.17, 15) is 0 Å². The van der Waals surface area contributed by atoms with Crippen LogP contribution in [0.3, 0.4) is 0 Å². The zero-order valence-electron chi connectivity index (χ0n) is 10.0. The Balaban J connectivity index is 0.00000196. The summed E-state index contributed by atoms with van der Waals surface area (Å²) in [6, 6.07) is 9.03. The Morgan fingerprint density at radius 1 is 1.00 bits per heavy atom. The van der Waals surface area contributed by atoms with E-state index in [-0.39, 0.29) is 12.4 Å². The second-order valence-electron chi connectivity index (χ2n) is 4.23. The number of quaternary nitrogens is 1. The lowest BCUT2D eigenvalue weighted by Gasteiger charge is -2.07. The second kappa shape index (κ2) is 7.72. The third-order valence-electron chi connectivity index (χ3n) is 2.57. The molecular weight excluding hydrogens is 206 g/mol. The monoisotopic (exact) mass is 227 g/mol. The highest BCUT2D eigenvalue weighted by Crippen LogP contribution is 2.06. The Morgan fingerprint density at radius 2 is 1.53 bits per heavy atom. The van der Waals surface area contributed by atoms with E-state index in [1.54, 1.807) is 0 Å². The fraction of sp³-hybridized carbons (Fsp3) is 0.538. The van der Waals surface area contributed by atoms with Gasteiger partial charge < -0.3 is 17.3 Å². The molecular formula is C13H22ClN. The van der Waals surface area contributed by atoms with Gasteiger partial charge in [-0.1, -0.05) is 31.2 Å². The molecule has 0 saturated carbocycles. The highest BCUT2D eigenvalue weighted by molar-refractivity contribution is 5.22. The first-order chi connectivity index (χ1) is 6.72. The van der Waals surface area contributed by atoms with Crippen LogP contribution in [0.2, 0.25) is 0 Å². The largest absolute Gasteiger partial charge is 1.00 e. The number of hydrogen-bond donors (Lipinski definition) is 1. The van der Waals surface area contributed by atoms with Gasteiger partial charge in [-0.25, -0.2) is 0 Å². The molecule has 0 saturated heterocycles. The van der Waals surface area contributed by atoms with E-state index >= 15 is 0 Å². The molecule has 1 nitrogen and oxygen atoms in total. The maximum Gasteiger partial charge on any atom is 0.0770 e. The van der Waals surface area contributed by atoms with Crippen LogP contribution in [0.15, 0.2) is 24.3 Å². The van der Waals surface area contributed by atoms with Crippen molar-refractivity contribution in [1.82, 2.24) is 0 Å². The van der Waals surface area contributed by atoms with E-state index in [4.69, 9.17) is 0 Å². The van der Waals surface area contributed by atoms with Crippen LogP contribution >= 0.6 is 0 Å². The molecule has 1 aromatic rings. The van der Waals surface area contributed by atoms with Crippen LogP contribution in [0.5, 0.6) is 0 Å². The Labute approximate surface area is 99.9 Å². The van der Waals surface area contributed by atoms with Crippen molar-refractivity contribution >= 4 is 0 Å². The smallest absolute Gasteiger partial charge is 0.0770 e. The van der Waals surface area contributed by atoms with Crippen LogP contribution in [0.25, 0.3) is 0 Å². The molecule has 2 heteroatoms. The van der Waals surface area contributed by atoms with Crippen molar-refractivity contribution in [3.05, 3.63) is 35.4 Å². The standard InChI is InChI=1S/C13H21N.ClH/c1-4-12-7-9-13(10-8-12)6-5-11-14(2)3;/h7-10H,4-6,11H2,1-3H3;1H. The fourth-order valence-corrected chi connectivity index (χ4v) is 1.59. The molecule has 0 fully saturated rings. The minimum atomic E-state index is 0. The first kappa shape index (κ1) is 14.5. The quantitative estimate of drug-likeness (QED) is 0.614. The number of hydrogen-bond acceptors (Lipinski definition) is 0. The van der Waals surface area contributed by atoms with E-state index in [1.165, 1.54) is 35.4 Å². The maximum absolute atomic E-state index is 2.27. The molecule has 0 bridgehead atoms. The summed E-state index contributed by atoms with van der Waals surface area (Å²) in [6.07, 6.45) is 3.64. The van der Waals surface area contributed by atoms with Gasteiger partial charge in [-0.15, -0.1) is 0 Å². The Hall–Kier alpha value is -0.530. The molecule has 1 aromatic carbocycles. The van der Waals surface area contributed by atoms with E-state index in [0.29, 0.717) is 0 Å². The maximum atomic E-state index is 2.27. The van der Waals surface area contributed by atoms with Crippen LogP contribution in [0.1, 0.15) is 24.5 Å². The topological polar surface area (TPSA) is 4.44 Å². The number of rotatable bonds is 5. The summed E-state index contributed by atoms with van der Waals surface area (Å²) in [5.41, 5.74) is 2.91. The van der Waals surface area contributed by atoms with Gasteiger partial charge in [0.1, 0.15) is 0 Å². The highest BCUT2D eigenvalue weighted by Gasteiger charge is 1.96. The zero-order chi connectivity index (χ0) is 10.4. The van der Waals surface area contributed by atoms with Crippen molar-refractivity contribution in [1.29, 1.82) is 0 Å². The molecule has 1 rings (SSSR count). The third-order valence-corrected chi connectivity index (χ3v) is 2.57. The third kappa shape index (κ3) is 5.81. The number of benzene rings is 1. The summed E-state index contributed by atoms with van der Waals surface area (Å²) in [5, 5.41) is 0. The van der Waals surface area contributed by atoms with Gasteiger partial charge >= 0.3 is 0 Å². The molecule has 1 N–H and O–H groups in total. The number of aryl methyl sites for hydroxylation is 2. The van der Waals surface area contributed by atoms with E-state index in [1.807, 2.05) is 0 Å². The van der Waals surface area contributed by atoms with Crippen molar-refractivity contribution in [2.75, 3.05) is 20.6 Å². The lowest BCUT2D eigenvalue weighted by molar-refractivity contribution is -0.858. The summed E-state index contributed by atoms with van der Waals surface area (Å²) >= 11 is 0. The van der Waals surface area contributed by atoms with E-state index < -0.39 is 0 Å². The Morgan fingerprint density at radius 3 is 2.00 bits per heavy atom. The summed E-state index contributed by atoms with van der Waals surface area (Å²) in [4.78, 5) is 1.54. The lowest BCUT2D eigenvalue weighted by atomic mass is 10.1. The van der Waals surface area contributed by atoms with E-state index in [2.05, 4.69) is 45.3 Å². The van der Waals surface area contributed by atoms with Crippen LogP contribution in [-0.2, 0) is 12.8 Å². The summed E-state index contributed by atoms with van der Waals surface area (Å²) in [5.74, 6) is 0. The molecule has 0 aliphatic rings. The fourth-order valence-electron chi connectivity index (χ4n) is 1.59. The molecule has 0 atom stereocenters.